The first-order chi connectivity index (χ1) is 14.3. The molecule has 0 amide bonds. The molecule has 2 aromatic carbocycles. The normalized spacial score (nSPS) is 20.5. The molecule has 1 unspecified atom stereocenters. The van der Waals surface area contributed by atoms with Crippen LogP contribution in [0.15, 0.2) is 83.5 Å². The number of benzene rings is 2. The smallest absolute Gasteiger partial charge is 0.264 e. The summed E-state index contributed by atoms with van der Waals surface area (Å²) < 4.78 is 31.6. The van der Waals surface area contributed by atoms with Gasteiger partial charge in [-0.15, -0.1) is 0 Å². The molecule has 1 N–H and O–H groups in total. The lowest BCUT2D eigenvalue weighted by molar-refractivity contribution is 0.467. The molecule has 0 radical (unpaired) electrons. The number of fused-ring (bicyclic) bond motifs is 1. The van der Waals surface area contributed by atoms with Crippen LogP contribution in [-0.2, 0) is 15.5 Å². The van der Waals surface area contributed by atoms with Crippen LogP contribution in [0.25, 0.3) is 0 Å². The Labute approximate surface area is 179 Å². The summed E-state index contributed by atoms with van der Waals surface area (Å²) in [6, 6.07) is 18.0. The average Bonchev–Trinajstić information content (AvgIpc) is 2.96. The summed E-state index contributed by atoms with van der Waals surface area (Å²) in [5.41, 5.74) is 4.00. The van der Waals surface area contributed by atoms with Gasteiger partial charge in [-0.1, -0.05) is 42.5 Å². The summed E-state index contributed by atoms with van der Waals surface area (Å²) in [7, 11) is -3.97. The quantitative estimate of drug-likeness (QED) is 0.461. The number of para-hydroxylation sites is 2. The van der Waals surface area contributed by atoms with Crippen LogP contribution in [0.4, 0.5) is 11.4 Å². The van der Waals surface area contributed by atoms with Crippen molar-refractivity contribution in [1.29, 1.82) is 0 Å². The van der Waals surface area contributed by atoms with Crippen LogP contribution < -0.4 is 4.90 Å². The topological polar surface area (TPSA) is 70.0 Å². The van der Waals surface area contributed by atoms with Crippen molar-refractivity contribution in [2.75, 3.05) is 17.2 Å². The van der Waals surface area contributed by atoms with Crippen molar-refractivity contribution in [3.8, 4) is 0 Å². The largest absolute Gasteiger partial charge is 0.344 e. The van der Waals surface area contributed by atoms with Crippen LogP contribution in [0.2, 0.25) is 0 Å². The number of hydrogen-bond donors (Lipinski definition) is 1. The molecule has 30 heavy (non-hydrogen) atoms. The van der Waals surface area contributed by atoms with Gasteiger partial charge in [-0.3, -0.25) is 9.55 Å². The third-order valence-electron chi connectivity index (χ3n) is 5.47. The highest BCUT2D eigenvalue weighted by Crippen LogP contribution is 2.50. The van der Waals surface area contributed by atoms with Gasteiger partial charge in [0.25, 0.3) is 10.1 Å². The monoisotopic (exact) mass is 424 g/mol. The van der Waals surface area contributed by atoms with Crippen molar-refractivity contribution in [2.24, 2.45) is 4.99 Å². The molecular formula is C24H28N2O3S. The number of nitrogens with zero attached hydrogens (tertiary/aromatic N) is 2. The Morgan fingerprint density at radius 3 is 2.47 bits per heavy atom. The predicted octanol–water partition coefficient (Wildman–Crippen LogP) is 5.29. The molecule has 3 rings (SSSR count). The highest BCUT2D eigenvalue weighted by molar-refractivity contribution is 7.85. The van der Waals surface area contributed by atoms with Gasteiger partial charge >= 0.3 is 0 Å². The van der Waals surface area contributed by atoms with Crippen LogP contribution in [-0.4, -0.2) is 31.5 Å². The lowest BCUT2D eigenvalue weighted by Gasteiger charge is -2.29. The molecule has 5 nitrogen and oxygen atoms in total. The van der Waals surface area contributed by atoms with E-state index in [1.807, 2.05) is 54.6 Å². The van der Waals surface area contributed by atoms with Gasteiger partial charge in [-0.05, 0) is 62.6 Å². The van der Waals surface area contributed by atoms with Crippen LogP contribution in [0, 0.1) is 0 Å². The van der Waals surface area contributed by atoms with Crippen LogP contribution in [0.3, 0.4) is 0 Å². The molecule has 6 heteroatoms. The Balaban J connectivity index is 1.87. The lowest BCUT2D eigenvalue weighted by Crippen LogP contribution is -2.29. The summed E-state index contributed by atoms with van der Waals surface area (Å²) in [6.07, 6.45) is 8.72. The van der Waals surface area contributed by atoms with E-state index in [4.69, 9.17) is 4.55 Å². The maximum atomic E-state index is 11.2. The number of likely N-dealkylation sites (N-methyl/N-ethyl adjacent to an activating group) is 1. The second-order valence-corrected chi connectivity index (χ2v) is 9.11. The first-order valence-electron chi connectivity index (χ1n) is 10.1. The molecule has 1 heterocycles. The van der Waals surface area contributed by atoms with Gasteiger partial charge in [-0.2, -0.15) is 8.42 Å². The molecule has 1 aliphatic rings. The number of aliphatic imine (C=N–C) groups is 1. The van der Waals surface area contributed by atoms with Crippen molar-refractivity contribution in [2.45, 2.75) is 32.1 Å². The fourth-order valence-electron chi connectivity index (χ4n) is 4.07. The lowest BCUT2D eigenvalue weighted by atomic mass is 9.77. The van der Waals surface area contributed by atoms with Crippen molar-refractivity contribution >= 4 is 27.7 Å². The van der Waals surface area contributed by atoms with Gasteiger partial charge < -0.3 is 4.90 Å². The highest BCUT2D eigenvalue weighted by Gasteiger charge is 2.42. The maximum absolute atomic E-state index is 11.2. The molecule has 0 fully saturated rings. The first-order valence-corrected chi connectivity index (χ1v) is 11.7. The third kappa shape index (κ3) is 5.07. The number of anilines is 1. The van der Waals surface area contributed by atoms with E-state index in [9.17, 15) is 8.42 Å². The molecule has 0 aliphatic carbocycles. The van der Waals surface area contributed by atoms with E-state index < -0.39 is 10.1 Å². The van der Waals surface area contributed by atoms with Crippen LogP contribution in [0.1, 0.15) is 32.3 Å². The SMILES string of the molecule is CCN1/C(=C/C=C/C=N/c2ccccc2)C(C)(CCCS(=O)(=O)O)c2ccccc21. The van der Waals surface area contributed by atoms with E-state index in [0.29, 0.717) is 12.8 Å². The highest BCUT2D eigenvalue weighted by atomic mass is 32.2. The third-order valence-corrected chi connectivity index (χ3v) is 6.28. The molecule has 0 saturated heterocycles. The fourth-order valence-corrected chi connectivity index (χ4v) is 4.58. The van der Waals surface area contributed by atoms with Gasteiger partial charge in [0.2, 0.25) is 0 Å². The van der Waals surface area contributed by atoms with Crippen LogP contribution in [0.5, 0.6) is 0 Å². The second kappa shape index (κ2) is 9.41. The number of rotatable bonds is 8. The molecule has 0 saturated carbocycles. The molecule has 0 aromatic heterocycles. The maximum Gasteiger partial charge on any atom is 0.264 e. The van der Waals surface area contributed by atoms with Crippen molar-refractivity contribution in [3.05, 3.63) is 84.1 Å². The van der Waals surface area contributed by atoms with E-state index in [-0.39, 0.29) is 11.2 Å². The summed E-state index contributed by atoms with van der Waals surface area (Å²) in [5, 5.41) is 0. The zero-order valence-corrected chi connectivity index (χ0v) is 18.2. The van der Waals surface area contributed by atoms with Gasteiger partial charge in [0.15, 0.2) is 0 Å². The zero-order valence-electron chi connectivity index (χ0n) is 17.4. The summed E-state index contributed by atoms with van der Waals surface area (Å²) in [6.45, 7) is 5.06. The number of allylic oxidation sites excluding steroid dienone is 4. The summed E-state index contributed by atoms with van der Waals surface area (Å²) in [4.78, 5) is 6.68. The number of hydrogen-bond acceptors (Lipinski definition) is 4. The molecule has 158 valence electrons. The van der Waals surface area contributed by atoms with E-state index >= 15 is 0 Å². The van der Waals surface area contributed by atoms with E-state index in [2.05, 4.69) is 41.9 Å². The molecule has 1 atom stereocenters. The minimum absolute atomic E-state index is 0.232. The minimum atomic E-state index is -3.97. The van der Waals surface area contributed by atoms with Gasteiger partial charge in [0.05, 0.1) is 11.4 Å². The molecular weight excluding hydrogens is 396 g/mol. The van der Waals surface area contributed by atoms with Gasteiger partial charge in [0.1, 0.15) is 0 Å². The van der Waals surface area contributed by atoms with Crippen molar-refractivity contribution < 1.29 is 13.0 Å². The van der Waals surface area contributed by atoms with E-state index in [0.717, 1.165) is 23.6 Å². The Morgan fingerprint density at radius 2 is 1.77 bits per heavy atom. The minimum Gasteiger partial charge on any atom is -0.344 e. The van der Waals surface area contributed by atoms with Gasteiger partial charge in [-0.25, -0.2) is 0 Å². The molecule has 1 aliphatic heterocycles. The van der Waals surface area contributed by atoms with Crippen molar-refractivity contribution in [1.82, 2.24) is 0 Å². The first kappa shape index (κ1) is 22.0. The molecule has 0 bridgehead atoms. The molecule has 0 spiro atoms. The van der Waals surface area contributed by atoms with Crippen LogP contribution >= 0.6 is 0 Å². The standard InChI is InChI=1S/C24H28N2O3S/c1-3-26-22-15-8-7-14-21(22)24(2,17-11-19-30(27,28)29)23(26)16-9-10-18-25-20-12-5-4-6-13-20/h4-10,12-16,18H,3,11,17,19H2,1-2H3,(H,27,28,29)/b10-9+,23-16+,25-18+. The summed E-state index contributed by atoms with van der Waals surface area (Å²) >= 11 is 0. The predicted molar refractivity (Wildman–Crippen MR) is 124 cm³/mol. The second-order valence-electron chi connectivity index (χ2n) is 7.53. The Hall–Kier alpha value is -2.70. The fraction of sp³-hybridized carbons (Fsp3) is 0.292. The van der Waals surface area contributed by atoms with E-state index in [1.54, 1.807) is 6.21 Å². The Kier molecular flexibility index (Phi) is 6.90. The summed E-state index contributed by atoms with van der Waals surface area (Å²) in [5.74, 6) is -0.232. The Morgan fingerprint density at radius 1 is 1.07 bits per heavy atom. The van der Waals surface area contributed by atoms with Crippen molar-refractivity contribution in [3.63, 3.8) is 0 Å². The molecule has 2 aromatic rings. The zero-order chi connectivity index (χ0) is 21.6. The average molecular weight is 425 g/mol. The Bertz CT molecular complexity index is 1060. The van der Waals surface area contributed by atoms with Gasteiger partial charge in [0, 0.05) is 29.6 Å². The van der Waals surface area contributed by atoms with E-state index in [1.165, 1.54) is 5.56 Å².